The number of carbonyl (C=O) groups is 2. The molecule has 0 unspecified atom stereocenters. The highest BCUT2D eigenvalue weighted by atomic mass is 32.1. The molecule has 3 heterocycles. The Morgan fingerprint density at radius 2 is 1.72 bits per heavy atom. The van der Waals surface area contributed by atoms with Gasteiger partial charge in [-0.15, -0.1) is 4.80 Å². The van der Waals surface area contributed by atoms with Gasteiger partial charge in [-0.3, -0.25) is 19.0 Å². The summed E-state index contributed by atoms with van der Waals surface area (Å²) in [6.07, 6.45) is 3.00. The summed E-state index contributed by atoms with van der Waals surface area (Å²) in [6, 6.07) is 6.49. The smallest absolute Gasteiger partial charge is 0.333 e. The van der Waals surface area contributed by atoms with E-state index in [9.17, 15) is 19.2 Å². The van der Waals surface area contributed by atoms with E-state index >= 15 is 0 Å². The van der Waals surface area contributed by atoms with Crippen LogP contribution < -0.4 is 21.3 Å². The second-order valence-corrected chi connectivity index (χ2v) is 10.3. The van der Waals surface area contributed by atoms with Crippen molar-refractivity contribution in [3.05, 3.63) is 68.6 Å². The molecule has 0 radical (unpaired) electrons. The third-order valence-corrected chi connectivity index (χ3v) is 7.31. The summed E-state index contributed by atoms with van der Waals surface area (Å²) < 4.78 is 7.48. The number of hydrogen-bond acceptors (Lipinski definition) is 8. The molecule has 0 saturated carbocycles. The SMILES string of the molecule is CC.COc1ccccc1C(=O)Cn1c(=O)n(C(C)(C)C(=O)NC(C)C)c(=O)c2c(C)c(-n3nccn3)sc21. The minimum Gasteiger partial charge on any atom is -0.496 e. The van der Waals surface area contributed by atoms with Crippen LogP contribution in [-0.2, 0) is 16.9 Å². The second-order valence-electron chi connectivity index (χ2n) is 9.35. The van der Waals surface area contributed by atoms with Gasteiger partial charge in [0.25, 0.3) is 5.56 Å². The normalized spacial score (nSPS) is 11.3. The molecular formula is C27H34N6O5S. The first-order valence-corrected chi connectivity index (χ1v) is 13.4. The van der Waals surface area contributed by atoms with Crippen LogP contribution in [0.1, 0.15) is 57.5 Å². The van der Waals surface area contributed by atoms with Gasteiger partial charge < -0.3 is 10.1 Å². The standard InChI is InChI=1S/C25H28N6O5S.C2H6/c1-14(2)28-23(34)25(4,5)30-20(33)19-15(3)21(31-26-11-12-27-31)37-22(19)29(24(30)35)13-17(32)16-9-7-8-10-18(16)36-6;1-2/h7-12,14H,13H2,1-6H3,(H,28,34);1-2H3. The molecule has 11 nitrogen and oxygen atoms in total. The van der Waals surface area contributed by atoms with Gasteiger partial charge in [-0.05, 0) is 46.8 Å². The Balaban J connectivity index is 0.00000205. The van der Waals surface area contributed by atoms with Gasteiger partial charge in [0.15, 0.2) is 5.78 Å². The van der Waals surface area contributed by atoms with Crippen molar-refractivity contribution in [2.75, 3.05) is 7.11 Å². The van der Waals surface area contributed by atoms with Gasteiger partial charge >= 0.3 is 5.69 Å². The third kappa shape index (κ3) is 5.42. The summed E-state index contributed by atoms with van der Waals surface area (Å²) in [6.45, 7) is 11.9. The van der Waals surface area contributed by atoms with Gasteiger partial charge in [0.1, 0.15) is 21.1 Å². The highest BCUT2D eigenvalue weighted by Crippen LogP contribution is 2.31. The van der Waals surface area contributed by atoms with E-state index in [1.54, 1.807) is 45.0 Å². The van der Waals surface area contributed by atoms with Crippen molar-refractivity contribution < 1.29 is 14.3 Å². The zero-order valence-electron chi connectivity index (χ0n) is 23.4. The van der Waals surface area contributed by atoms with Gasteiger partial charge in [0.2, 0.25) is 5.91 Å². The van der Waals surface area contributed by atoms with Gasteiger partial charge in [-0.1, -0.05) is 37.3 Å². The number of rotatable bonds is 8. The number of nitrogens with zero attached hydrogens (tertiary/aromatic N) is 5. The average molecular weight is 555 g/mol. The van der Waals surface area contributed by atoms with E-state index in [2.05, 4.69) is 15.5 Å². The Morgan fingerprint density at radius 3 is 2.31 bits per heavy atom. The molecule has 0 spiro atoms. The summed E-state index contributed by atoms with van der Waals surface area (Å²) in [4.78, 5) is 55.9. The third-order valence-electron chi connectivity index (χ3n) is 6.03. The Bertz CT molecular complexity index is 1610. The lowest BCUT2D eigenvalue weighted by atomic mass is 10.0. The number of hydrogen-bond donors (Lipinski definition) is 1. The maximum Gasteiger partial charge on any atom is 0.333 e. The Labute approximate surface area is 230 Å². The number of aryl methyl sites for hydroxylation is 1. The molecule has 0 saturated heterocycles. The van der Waals surface area contributed by atoms with E-state index in [0.29, 0.717) is 26.7 Å². The number of amides is 1. The van der Waals surface area contributed by atoms with Gasteiger partial charge in [0, 0.05) is 11.6 Å². The van der Waals surface area contributed by atoms with Crippen LogP contribution in [0.5, 0.6) is 5.75 Å². The molecule has 1 amide bonds. The summed E-state index contributed by atoms with van der Waals surface area (Å²) in [5, 5.41) is 11.8. The molecule has 0 bridgehead atoms. The topological polar surface area (TPSA) is 130 Å². The minimum atomic E-state index is -1.54. The lowest BCUT2D eigenvalue weighted by Crippen LogP contribution is -2.56. The van der Waals surface area contributed by atoms with Crippen molar-refractivity contribution in [3.8, 4) is 10.8 Å². The van der Waals surface area contributed by atoms with E-state index in [1.165, 1.54) is 42.7 Å². The van der Waals surface area contributed by atoms with Gasteiger partial charge in [-0.2, -0.15) is 10.2 Å². The molecule has 0 atom stereocenters. The first kappa shape index (κ1) is 29.5. The Kier molecular flexibility index (Phi) is 8.90. The minimum absolute atomic E-state index is 0.207. The maximum atomic E-state index is 13.9. The molecule has 12 heteroatoms. The van der Waals surface area contributed by atoms with Gasteiger partial charge in [0.05, 0.1) is 37.0 Å². The fourth-order valence-electron chi connectivity index (χ4n) is 4.12. The molecule has 4 aromatic rings. The van der Waals surface area contributed by atoms with Crippen LogP contribution in [0, 0.1) is 6.92 Å². The molecular weight excluding hydrogens is 520 g/mol. The van der Waals surface area contributed by atoms with Crippen LogP contribution >= 0.6 is 11.3 Å². The van der Waals surface area contributed by atoms with E-state index in [-0.39, 0.29) is 23.8 Å². The molecule has 0 aliphatic rings. The first-order valence-electron chi connectivity index (χ1n) is 12.6. The fraction of sp³-hybridized carbons (Fsp3) is 0.407. The fourth-order valence-corrected chi connectivity index (χ4v) is 5.33. The number of ether oxygens (including phenoxy) is 1. The van der Waals surface area contributed by atoms with Crippen LogP contribution in [0.4, 0.5) is 0 Å². The predicted molar refractivity (Wildman–Crippen MR) is 151 cm³/mol. The lowest BCUT2D eigenvalue weighted by Gasteiger charge is -2.27. The number of Topliss-reactive ketones (excluding diaryl/α,β-unsaturated/α-hetero) is 1. The summed E-state index contributed by atoms with van der Waals surface area (Å²) >= 11 is 1.13. The monoisotopic (exact) mass is 554 g/mol. The zero-order valence-corrected chi connectivity index (χ0v) is 24.3. The first-order chi connectivity index (χ1) is 18.5. The average Bonchev–Trinajstić information content (AvgIpc) is 3.55. The van der Waals surface area contributed by atoms with Crippen LogP contribution in [-0.4, -0.2) is 49.0 Å². The van der Waals surface area contributed by atoms with Crippen molar-refractivity contribution in [1.29, 1.82) is 0 Å². The second kappa shape index (κ2) is 11.8. The van der Waals surface area contributed by atoms with Crippen molar-refractivity contribution in [3.63, 3.8) is 0 Å². The molecule has 0 aliphatic heterocycles. The van der Waals surface area contributed by atoms with Gasteiger partial charge in [-0.25, -0.2) is 9.36 Å². The molecule has 0 fully saturated rings. The Morgan fingerprint density at radius 1 is 1.10 bits per heavy atom. The molecule has 4 rings (SSSR count). The van der Waals surface area contributed by atoms with E-state index in [1.807, 2.05) is 13.8 Å². The number of nitrogens with one attached hydrogen (secondary N) is 1. The van der Waals surface area contributed by atoms with E-state index < -0.39 is 22.7 Å². The number of benzene rings is 1. The number of para-hydroxylation sites is 1. The molecule has 0 aliphatic carbocycles. The van der Waals surface area contributed by atoms with E-state index in [4.69, 9.17) is 4.74 Å². The predicted octanol–water partition coefficient (Wildman–Crippen LogP) is 3.29. The number of aromatic nitrogens is 5. The van der Waals surface area contributed by atoms with Crippen LogP contribution in [0.25, 0.3) is 15.2 Å². The highest BCUT2D eigenvalue weighted by Gasteiger charge is 2.36. The van der Waals surface area contributed by atoms with Crippen molar-refractivity contribution in [2.45, 2.75) is 66.6 Å². The number of thiophene rings is 1. The van der Waals surface area contributed by atoms with Crippen LogP contribution in [0.15, 0.2) is 46.2 Å². The largest absolute Gasteiger partial charge is 0.496 e. The summed E-state index contributed by atoms with van der Waals surface area (Å²) in [7, 11) is 1.46. The quantitative estimate of drug-likeness (QED) is 0.331. The maximum absolute atomic E-state index is 13.9. The number of methoxy groups -OCH3 is 1. The zero-order chi connectivity index (χ0) is 29.1. The summed E-state index contributed by atoms with van der Waals surface area (Å²) in [5.41, 5.74) is -2.11. The Hall–Kier alpha value is -4.06. The van der Waals surface area contributed by atoms with Crippen molar-refractivity contribution in [1.82, 2.24) is 29.4 Å². The van der Waals surface area contributed by atoms with E-state index in [0.717, 1.165) is 15.9 Å². The molecule has 1 aromatic carbocycles. The molecule has 39 heavy (non-hydrogen) atoms. The highest BCUT2D eigenvalue weighted by molar-refractivity contribution is 7.21. The molecule has 1 N–H and O–H groups in total. The summed E-state index contributed by atoms with van der Waals surface area (Å²) in [5.74, 6) is -0.517. The number of ketones is 1. The van der Waals surface area contributed by atoms with Crippen LogP contribution in [0.3, 0.4) is 0 Å². The number of fused-ring (bicyclic) bond motifs is 1. The lowest BCUT2D eigenvalue weighted by molar-refractivity contribution is -0.129. The van der Waals surface area contributed by atoms with Crippen molar-refractivity contribution in [2.24, 2.45) is 0 Å². The number of carbonyl (C=O) groups excluding carboxylic acids is 2. The molecule has 208 valence electrons. The van der Waals surface area contributed by atoms with Crippen molar-refractivity contribution >= 4 is 33.2 Å². The van der Waals surface area contributed by atoms with Crippen LogP contribution in [0.2, 0.25) is 0 Å². The molecule has 3 aromatic heterocycles.